The third kappa shape index (κ3) is 4.09. The first-order valence-electron chi connectivity index (χ1n) is 8.76. The topological polar surface area (TPSA) is 97.6 Å². The van der Waals surface area contributed by atoms with E-state index in [1.54, 1.807) is 35.9 Å². The van der Waals surface area contributed by atoms with Gasteiger partial charge >= 0.3 is 0 Å². The predicted molar refractivity (Wildman–Crippen MR) is 110 cm³/mol. The average Bonchev–Trinajstić information content (AvgIpc) is 3.33. The molecule has 8 nitrogen and oxygen atoms in total. The second-order valence-electron chi connectivity index (χ2n) is 6.08. The maximum Gasteiger partial charge on any atom is 0.251 e. The van der Waals surface area contributed by atoms with Gasteiger partial charge in [-0.15, -0.1) is 16.4 Å². The smallest absolute Gasteiger partial charge is 0.251 e. The number of methoxy groups -OCH3 is 1. The van der Waals surface area contributed by atoms with Gasteiger partial charge in [-0.3, -0.25) is 14.9 Å². The highest BCUT2D eigenvalue weighted by Crippen LogP contribution is 2.27. The van der Waals surface area contributed by atoms with E-state index in [2.05, 4.69) is 20.7 Å². The molecule has 0 aliphatic heterocycles. The summed E-state index contributed by atoms with van der Waals surface area (Å²) in [6, 6.07) is 16.3. The van der Waals surface area contributed by atoms with Crippen LogP contribution in [0.25, 0.3) is 16.2 Å². The molecule has 0 radical (unpaired) electrons. The first kappa shape index (κ1) is 18.6. The Morgan fingerprint density at radius 2 is 1.86 bits per heavy atom. The molecule has 0 spiro atoms. The summed E-state index contributed by atoms with van der Waals surface area (Å²) >= 11 is 1.42. The van der Waals surface area contributed by atoms with Gasteiger partial charge in [0.1, 0.15) is 5.75 Å². The van der Waals surface area contributed by atoms with E-state index in [0.717, 1.165) is 17.0 Å². The van der Waals surface area contributed by atoms with Crippen LogP contribution in [-0.4, -0.2) is 40.1 Å². The molecule has 29 heavy (non-hydrogen) atoms. The molecule has 0 aliphatic rings. The fourth-order valence-corrected chi connectivity index (χ4v) is 3.55. The quantitative estimate of drug-likeness (QED) is 0.512. The monoisotopic (exact) mass is 407 g/mol. The summed E-state index contributed by atoms with van der Waals surface area (Å²) in [6.45, 7) is -0.175. The number of rotatable bonds is 6. The molecule has 2 aromatic carbocycles. The van der Waals surface area contributed by atoms with Crippen LogP contribution in [0.5, 0.6) is 5.75 Å². The van der Waals surface area contributed by atoms with Crippen molar-refractivity contribution in [3.63, 3.8) is 0 Å². The summed E-state index contributed by atoms with van der Waals surface area (Å²) in [5.41, 5.74) is 2.30. The van der Waals surface area contributed by atoms with E-state index in [0.29, 0.717) is 10.5 Å². The van der Waals surface area contributed by atoms with E-state index < -0.39 is 5.91 Å². The van der Waals surface area contributed by atoms with Crippen LogP contribution in [0.2, 0.25) is 0 Å². The van der Waals surface area contributed by atoms with Crippen LogP contribution >= 0.6 is 11.3 Å². The van der Waals surface area contributed by atoms with Gasteiger partial charge in [-0.1, -0.05) is 18.2 Å². The van der Waals surface area contributed by atoms with Crippen molar-refractivity contribution in [3.05, 3.63) is 65.5 Å². The molecule has 0 saturated heterocycles. The third-order valence-electron chi connectivity index (χ3n) is 4.16. The molecule has 2 amide bonds. The number of hydrogen-bond acceptors (Lipinski definition) is 6. The number of anilines is 1. The van der Waals surface area contributed by atoms with Crippen molar-refractivity contribution in [3.8, 4) is 17.0 Å². The Morgan fingerprint density at radius 3 is 2.59 bits per heavy atom. The molecule has 2 heterocycles. The summed E-state index contributed by atoms with van der Waals surface area (Å²) in [5, 5.41) is 11.5. The molecule has 0 unspecified atom stereocenters. The lowest BCUT2D eigenvalue weighted by molar-refractivity contribution is -0.115. The Kier molecular flexibility index (Phi) is 5.21. The van der Waals surface area contributed by atoms with Crippen LogP contribution in [0, 0.1) is 0 Å². The third-order valence-corrected chi connectivity index (χ3v) is 4.98. The molecule has 0 fully saturated rings. The number of benzene rings is 2. The Balaban J connectivity index is 1.42. The van der Waals surface area contributed by atoms with Crippen LogP contribution in [-0.2, 0) is 4.79 Å². The largest absolute Gasteiger partial charge is 0.497 e. The van der Waals surface area contributed by atoms with Crippen molar-refractivity contribution >= 4 is 34.1 Å². The van der Waals surface area contributed by atoms with Gasteiger partial charge in [0.25, 0.3) is 11.9 Å². The van der Waals surface area contributed by atoms with Gasteiger partial charge in [-0.25, -0.2) is 4.52 Å². The van der Waals surface area contributed by atoms with Gasteiger partial charge < -0.3 is 10.1 Å². The van der Waals surface area contributed by atoms with E-state index in [4.69, 9.17) is 4.74 Å². The molecular weight excluding hydrogens is 390 g/mol. The lowest BCUT2D eigenvalue weighted by atomic mass is 10.2. The Hall–Kier alpha value is -3.72. The van der Waals surface area contributed by atoms with Gasteiger partial charge in [-0.2, -0.15) is 4.98 Å². The van der Waals surface area contributed by atoms with Crippen molar-refractivity contribution < 1.29 is 14.3 Å². The maximum absolute atomic E-state index is 12.1. The highest BCUT2D eigenvalue weighted by atomic mass is 32.1. The zero-order valence-electron chi connectivity index (χ0n) is 15.5. The first-order chi connectivity index (χ1) is 14.1. The van der Waals surface area contributed by atoms with Crippen LogP contribution in [0.3, 0.4) is 0 Å². The van der Waals surface area contributed by atoms with Crippen LogP contribution in [0.15, 0.2) is 60.0 Å². The molecule has 4 aromatic rings. The second-order valence-corrected chi connectivity index (χ2v) is 6.91. The van der Waals surface area contributed by atoms with Gasteiger partial charge in [-0.05, 0) is 36.4 Å². The lowest BCUT2D eigenvalue weighted by Gasteiger charge is -2.04. The van der Waals surface area contributed by atoms with E-state index >= 15 is 0 Å². The number of hydrogen-bond donors (Lipinski definition) is 2. The molecule has 0 atom stereocenters. The van der Waals surface area contributed by atoms with Crippen LogP contribution in [0.4, 0.5) is 5.95 Å². The summed E-state index contributed by atoms with van der Waals surface area (Å²) in [6.07, 6.45) is 0. The number of fused-ring (bicyclic) bond motifs is 1. The minimum atomic E-state index is -0.404. The summed E-state index contributed by atoms with van der Waals surface area (Å²) in [7, 11) is 1.62. The van der Waals surface area contributed by atoms with E-state index in [9.17, 15) is 9.59 Å². The molecule has 146 valence electrons. The second kappa shape index (κ2) is 8.11. The molecule has 2 N–H and O–H groups in total. The van der Waals surface area contributed by atoms with E-state index in [-0.39, 0.29) is 18.4 Å². The summed E-state index contributed by atoms with van der Waals surface area (Å²) < 4.78 is 6.85. The van der Waals surface area contributed by atoms with Gasteiger partial charge in [0, 0.05) is 16.5 Å². The number of carbonyl (C=O) groups excluding carboxylic acids is 2. The fraction of sp³-hybridized carbons (Fsp3) is 0.100. The molecule has 4 rings (SSSR count). The number of aromatic nitrogens is 3. The SMILES string of the molecule is COc1ccc(-c2csc3nc(NC(=O)CNC(=O)c4ccccc4)nn23)cc1. The van der Waals surface area contributed by atoms with E-state index in [1.165, 1.54) is 11.3 Å². The fourth-order valence-electron chi connectivity index (χ4n) is 2.72. The summed E-state index contributed by atoms with van der Waals surface area (Å²) in [4.78, 5) is 29.1. The van der Waals surface area contributed by atoms with E-state index in [1.807, 2.05) is 35.7 Å². The maximum atomic E-state index is 12.1. The average molecular weight is 407 g/mol. The molecule has 2 aromatic heterocycles. The predicted octanol–water partition coefficient (Wildman–Crippen LogP) is 2.83. The number of nitrogens with one attached hydrogen (secondary N) is 2. The number of nitrogens with zero attached hydrogens (tertiary/aromatic N) is 3. The Bertz CT molecular complexity index is 1150. The number of carbonyl (C=O) groups is 2. The molecule has 0 aliphatic carbocycles. The minimum Gasteiger partial charge on any atom is -0.497 e. The highest BCUT2D eigenvalue weighted by Gasteiger charge is 2.14. The number of amides is 2. The van der Waals surface area contributed by atoms with Gasteiger partial charge in [0.15, 0.2) is 0 Å². The van der Waals surface area contributed by atoms with Crippen LogP contribution < -0.4 is 15.4 Å². The van der Waals surface area contributed by atoms with Crippen molar-refractivity contribution in [2.75, 3.05) is 19.0 Å². The van der Waals surface area contributed by atoms with Gasteiger partial charge in [0.2, 0.25) is 10.9 Å². The molecule has 9 heteroatoms. The van der Waals surface area contributed by atoms with Gasteiger partial charge in [0.05, 0.1) is 19.3 Å². The normalized spacial score (nSPS) is 10.7. The molecule has 0 bridgehead atoms. The van der Waals surface area contributed by atoms with Crippen molar-refractivity contribution in [1.82, 2.24) is 19.9 Å². The van der Waals surface area contributed by atoms with Crippen LogP contribution in [0.1, 0.15) is 10.4 Å². The summed E-state index contributed by atoms with van der Waals surface area (Å²) in [5.74, 6) is 0.231. The minimum absolute atomic E-state index is 0.175. The molecule has 0 saturated carbocycles. The molecular formula is C20H17N5O3S. The number of ether oxygens (including phenoxy) is 1. The van der Waals surface area contributed by atoms with Crippen molar-refractivity contribution in [1.29, 1.82) is 0 Å². The number of thiazole rings is 1. The zero-order valence-corrected chi connectivity index (χ0v) is 16.3. The Labute approximate surface area is 170 Å². The van der Waals surface area contributed by atoms with Crippen molar-refractivity contribution in [2.45, 2.75) is 0 Å². The first-order valence-corrected chi connectivity index (χ1v) is 9.64. The zero-order chi connectivity index (χ0) is 20.2. The van der Waals surface area contributed by atoms with Crippen molar-refractivity contribution in [2.24, 2.45) is 0 Å². The Morgan fingerprint density at radius 1 is 1.10 bits per heavy atom. The lowest BCUT2D eigenvalue weighted by Crippen LogP contribution is -2.33. The standard InChI is InChI=1S/C20H17N5O3S/c1-28-15-9-7-13(8-10-15)16-12-29-20-23-19(24-25(16)20)22-17(26)11-21-18(27)14-5-3-2-4-6-14/h2-10,12H,11H2,1H3,(H,21,27)(H,22,24,26). The highest BCUT2D eigenvalue weighted by molar-refractivity contribution is 7.15.